The lowest BCUT2D eigenvalue weighted by Crippen LogP contribution is -2.41. The van der Waals surface area contributed by atoms with Crippen LogP contribution in [0.25, 0.3) is 0 Å². The number of imide groups is 1. The van der Waals surface area contributed by atoms with E-state index in [1.165, 1.54) is 32.7 Å². The van der Waals surface area contributed by atoms with Gasteiger partial charge in [-0.15, -0.1) is 0 Å². The largest absolute Gasteiger partial charge is 0.274 e. The van der Waals surface area contributed by atoms with Crippen molar-refractivity contribution >= 4 is 29.1 Å². The van der Waals surface area contributed by atoms with Gasteiger partial charge in [-0.05, 0) is 45.9 Å². The van der Waals surface area contributed by atoms with Gasteiger partial charge in [0.15, 0.2) is 0 Å². The summed E-state index contributed by atoms with van der Waals surface area (Å²) in [5.41, 5.74) is 6.52. The average Bonchev–Trinajstić information content (AvgIpc) is 3.04. The van der Waals surface area contributed by atoms with Crippen molar-refractivity contribution in [1.82, 2.24) is 0 Å². The predicted molar refractivity (Wildman–Crippen MR) is 122 cm³/mol. The van der Waals surface area contributed by atoms with Gasteiger partial charge in [-0.3, -0.25) is 9.59 Å². The number of para-hydroxylation sites is 1. The fourth-order valence-corrected chi connectivity index (χ4v) is 6.20. The fraction of sp³-hybridized carbons (Fsp3) is 0.259. The summed E-state index contributed by atoms with van der Waals surface area (Å²) < 4.78 is 0. The SMILES string of the molecule is CC(C)c1ccc2c(c1)C1c3ccccc3C2C2C(=O)N(c3ccccc3Cl)C(=O)C12. The zero-order valence-corrected chi connectivity index (χ0v) is 18.1. The molecule has 31 heavy (non-hydrogen) atoms. The molecule has 1 fully saturated rings. The van der Waals surface area contributed by atoms with E-state index in [4.69, 9.17) is 11.6 Å². The number of amides is 2. The third-order valence-electron chi connectivity index (χ3n) is 7.32. The van der Waals surface area contributed by atoms with Gasteiger partial charge >= 0.3 is 0 Å². The van der Waals surface area contributed by atoms with E-state index in [-0.39, 0.29) is 29.6 Å². The quantitative estimate of drug-likeness (QED) is 0.480. The minimum absolute atomic E-state index is 0.105. The zero-order valence-electron chi connectivity index (χ0n) is 17.4. The highest BCUT2D eigenvalue weighted by Crippen LogP contribution is 2.61. The van der Waals surface area contributed by atoms with E-state index in [0.717, 1.165) is 0 Å². The van der Waals surface area contributed by atoms with Crippen LogP contribution in [0.3, 0.4) is 0 Å². The summed E-state index contributed by atoms with van der Waals surface area (Å²) in [5.74, 6) is -0.855. The zero-order chi connectivity index (χ0) is 21.4. The van der Waals surface area contributed by atoms with Gasteiger partial charge in [0.25, 0.3) is 0 Å². The summed E-state index contributed by atoms with van der Waals surface area (Å²) in [6.45, 7) is 4.37. The van der Waals surface area contributed by atoms with Gasteiger partial charge in [0.2, 0.25) is 11.8 Å². The highest BCUT2D eigenvalue weighted by molar-refractivity contribution is 6.36. The molecule has 2 amide bonds. The van der Waals surface area contributed by atoms with E-state index < -0.39 is 5.92 Å². The molecule has 1 heterocycles. The maximum Gasteiger partial charge on any atom is 0.238 e. The number of carbonyl (C=O) groups excluding carboxylic acids is 2. The normalized spacial score (nSPS) is 25.6. The van der Waals surface area contributed by atoms with Crippen LogP contribution in [0.4, 0.5) is 5.69 Å². The molecule has 3 aromatic carbocycles. The Balaban J connectivity index is 1.58. The van der Waals surface area contributed by atoms with Crippen LogP contribution in [-0.4, -0.2) is 11.8 Å². The molecule has 4 aliphatic rings. The van der Waals surface area contributed by atoms with Crippen LogP contribution in [0.15, 0.2) is 66.7 Å². The molecule has 3 aliphatic carbocycles. The standard InChI is InChI=1S/C27H22ClNO2/c1-14(2)15-11-12-18-19(13-15)23-17-8-4-3-7-16(17)22(18)24-25(23)27(31)29(26(24)30)21-10-6-5-9-20(21)28/h3-14,22-25H,1-2H3. The van der Waals surface area contributed by atoms with Crippen LogP contribution in [0.1, 0.15) is 59.4 Å². The van der Waals surface area contributed by atoms with Gasteiger partial charge in [0.05, 0.1) is 22.5 Å². The first-order chi connectivity index (χ1) is 15.0. The molecule has 0 radical (unpaired) electrons. The Morgan fingerprint density at radius 1 is 0.742 bits per heavy atom. The van der Waals surface area contributed by atoms with Crippen LogP contribution < -0.4 is 4.90 Å². The van der Waals surface area contributed by atoms with E-state index in [1.54, 1.807) is 12.1 Å². The van der Waals surface area contributed by atoms with E-state index in [1.807, 2.05) is 24.3 Å². The average molecular weight is 428 g/mol. The highest BCUT2D eigenvalue weighted by atomic mass is 35.5. The number of rotatable bonds is 2. The topological polar surface area (TPSA) is 37.4 Å². The van der Waals surface area contributed by atoms with Crippen LogP contribution in [0.2, 0.25) is 5.02 Å². The lowest BCUT2D eigenvalue weighted by Gasteiger charge is -2.46. The number of nitrogens with zero attached hydrogens (tertiary/aromatic N) is 1. The lowest BCUT2D eigenvalue weighted by atomic mass is 9.54. The number of hydrogen-bond acceptors (Lipinski definition) is 2. The van der Waals surface area contributed by atoms with E-state index in [2.05, 4.69) is 44.2 Å². The Hall–Kier alpha value is -2.91. The molecule has 154 valence electrons. The maximum absolute atomic E-state index is 13.8. The van der Waals surface area contributed by atoms with E-state index in [0.29, 0.717) is 16.6 Å². The van der Waals surface area contributed by atoms with Gasteiger partial charge in [-0.1, -0.05) is 80.0 Å². The Morgan fingerprint density at radius 3 is 1.90 bits per heavy atom. The van der Waals surface area contributed by atoms with Crippen molar-refractivity contribution in [2.24, 2.45) is 11.8 Å². The molecule has 0 N–H and O–H groups in total. The summed E-state index contributed by atoms with van der Waals surface area (Å²) >= 11 is 6.41. The van der Waals surface area contributed by atoms with Gasteiger partial charge in [-0.2, -0.15) is 0 Å². The minimum atomic E-state index is -0.390. The molecule has 1 saturated heterocycles. The molecule has 3 nitrogen and oxygen atoms in total. The van der Waals surface area contributed by atoms with Crippen molar-refractivity contribution in [2.45, 2.75) is 31.6 Å². The van der Waals surface area contributed by atoms with Crippen molar-refractivity contribution in [3.05, 3.63) is 99.6 Å². The number of halogens is 1. The van der Waals surface area contributed by atoms with Crippen LogP contribution in [0, 0.1) is 11.8 Å². The molecular weight excluding hydrogens is 406 g/mol. The van der Waals surface area contributed by atoms with Gasteiger partial charge in [0, 0.05) is 11.8 Å². The second-order valence-electron chi connectivity index (χ2n) is 9.14. The molecule has 2 bridgehead atoms. The third kappa shape index (κ3) is 2.41. The van der Waals surface area contributed by atoms with Crippen LogP contribution >= 0.6 is 11.6 Å². The fourth-order valence-electron chi connectivity index (χ4n) is 5.98. The Bertz CT molecular complexity index is 1260. The Labute approximate surface area is 186 Å². The minimum Gasteiger partial charge on any atom is -0.274 e. The van der Waals surface area contributed by atoms with Gasteiger partial charge < -0.3 is 0 Å². The molecule has 1 aliphatic heterocycles. The molecular formula is C27H22ClNO2. The third-order valence-corrected chi connectivity index (χ3v) is 7.64. The molecule has 0 aromatic heterocycles. The number of anilines is 1. The molecule has 4 unspecified atom stereocenters. The smallest absolute Gasteiger partial charge is 0.238 e. The molecule has 0 saturated carbocycles. The number of carbonyl (C=O) groups is 2. The molecule has 4 heteroatoms. The first-order valence-corrected chi connectivity index (χ1v) is 11.2. The van der Waals surface area contributed by atoms with Crippen LogP contribution in [-0.2, 0) is 9.59 Å². The van der Waals surface area contributed by atoms with Crippen molar-refractivity contribution < 1.29 is 9.59 Å². The van der Waals surface area contributed by atoms with Crippen molar-refractivity contribution in [1.29, 1.82) is 0 Å². The first-order valence-electron chi connectivity index (χ1n) is 10.8. The van der Waals surface area contributed by atoms with E-state index >= 15 is 0 Å². The van der Waals surface area contributed by atoms with Crippen molar-refractivity contribution in [3.63, 3.8) is 0 Å². The molecule has 4 atom stereocenters. The van der Waals surface area contributed by atoms with Crippen LogP contribution in [0.5, 0.6) is 0 Å². The Morgan fingerprint density at radius 2 is 1.29 bits per heavy atom. The summed E-state index contributed by atoms with van der Waals surface area (Å²) in [4.78, 5) is 28.9. The predicted octanol–water partition coefficient (Wildman–Crippen LogP) is 5.86. The summed E-state index contributed by atoms with van der Waals surface area (Å²) in [6, 6.07) is 22.1. The van der Waals surface area contributed by atoms with Crippen molar-refractivity contribution in [2.75, 3.05) is 4.90 Å². The second-order valence-corrected chi connectivity index (χ2v) is 9.55. The summed E-state index contributed by atoms with van der Waals surface area (Å²) in [5, 5.41) is 0.423. The number of hydrogen-bond donors (Lipinski definition) is 0. The van der Waals surface area contributed by atoms with Gasteiger partial charge in [-0.25, -0.2) is 4.90 Å². The van der Waals surface area contributed by atoms with E-state index in [9.17, 15) is 9.59 Å². The maximum atomic E-state index is 13.8. The molecule has 7 rings (SSSR count). The van der Waals surface area contributed by atoms with Crippen molar-refractivity contribution in [3.8, 4) is 0 Å². The second kappa shape index (κ2) is 6.54. The summed E-state index contributed by atoms with van der Waals surface area (Å²) in [7, 11) is 0. The summed E-state index contributed by atoms with van der Waals surface area (Å²) in [6.07, 6.45) is 0. The Kier molecular flexibility index (Phi) is 3.97. The monoisotopic (exact) mass is 427 g/mol. The highest BCUT2D eigenvalue weighted by Gasteiger charge is 2.62. The first kappa shape index (κ1) is 18.8. The molecule has 0 spiro atoms. The molecule has 3 aromatic rings. The number of benzene rings is 3. The lowest BCUT2D eigenvalue weighted by molar-refractivity contribution is -0.122. The van der Waals surface area contributed by atoms with Gasteiger partial charge in [0.1, 0.15) is 0 Å².